The minimum atomic E-state index is -3.33. The lowest BCUT2D eigenvalue weighted by atomic mass is 10.3. The molecule has 0 bridgehead atoms. The van der Waals surface area contributed by atoms with Crippen molar-refractivity contribution in [2.24, 2.45) is 0 Å². The Bertz CT molecular complexity index is 850. The molecule has 26 heavy (non-hydrogen) atoms. The van der Waals surface area contributed by atoms with E-state index in [9.17, 15) is 13.2 Å². The zero-order chi connectivity index (χ0) is 19.2. The van der Waals surface area contributed by atoms with E-state index < -0.39 is 10.0 Å². The predicted molar refractivity (Wildman–Crippen MR) is 101 cm³/mol. The number of anilines is 2. The van der Waals surface area contributed by atoms with Gasteiger partial charge in [-0.2, -0.15) is 0 Å². The number of rotatable bonds is 8. The van der Waals surface area contributed by atoms with Crippen LogP contribution in [0.4, 0.5) is 11.4 Å². The molecule has 2 rings (SSSR count). The van der Waals surface area contributed by atoms with Crippen LogP contribution in [0.1, 0.15) is 6.92 Å². The third-order valence-electron chi connectivity index (χ3n) is 3.54. The number of hydrogen-bond donors (Lipinski definition) is 1. The minimum absolute atomic E-state index is 0.167. The van der Waals surface area contributed by atoms with Crippen LogP contribution in [0.15, 0.2) is 48.5 Å². The van der Waals surface area contributed by atoms with Crippen LogP contribution >= 0.6 is 0 Å². The first-order chi connectivity index (χ1) is 12.3. The molecule has 0 aliphatic carbocycles. The molecule has 2 aromatic rings. The van der Waals surface area contributed by atoms with Crippen molar-refractivity contribution in [3.63, 3.8) is 0 Å². The van der Waals surface area contributed by atoms with E-state index >= 15 is 0 Å². The van der Waals surface area contributed by atoms with Gasteiger partial charge in [-0.15, -0.1) is 0 Å². The fourth-order valence-corrected chi connectivity index (χ4v) is 3.34. The number of sulfonamides is 1. The van der Waals surface area contributed by atoms with Gasteiger partial charge in [0.05, 0.1) is 19.1 Å². The molecule has 0 atom stereocenters. The summed E-state index contributed by atoms with van der Waals surface area (Å²) in [5.41, 5.74) is 1.16. The second-order valence-corrected chi connectivity index (χ2v) is 7.40. The Morgan fingerprint density at radius 2 is 1.81 bits per heavy atom. The number of nitrogens with zero attached hydrogens (tertiary/aromatic N) is 1. The standard InChI is InChI=1S/C18H22N2O5S/c1-4-20(26(3,22)23)15-8-10-16(11-9-15)25-13-18(21)19-14-6-5-7-17(12-14)24-2/h5-12H,4,13H2,1-3H3,(H,19,21). The number of carbonyl (C=O) groups excluding carboxylic acids is 1. The highest BCUT2D eigenvalue weighted by Crippen LogP contribution is 2.21. The first-order valence-corrected chi connectivity index (χ1v) is 9.82. The van der Waals surface area contributed by atoms with Crippen LogP contribution < -0.4 is 19.1 Å². The smallest absolute Gasteiger partial charge is 0.262 e. The Kier molecular flexibility index (Phi) is 6.46. The summed E-state index contributed by atoms with van der Waals surface area (Å²) < 4.78 is 35.3. The Morgan fingerprint density at radius 1 is 1.12 bits per heavy atom. The summed E-state index contributed by atoms with van der Waals surface area (Å²) in [6, 6.07) is 13.5. The normalized spacial score (nSPS) is 10.9. The Labute approximate surface area is 153 Å². The van der Waals surface area contributed by atoms with E-state index in [1.165, 1.54) is 4.31 Å². The molecule has 0 spiro atoms. The lowest BCUT2D eigenvalue weighted by molar-refractivity contribution is -0.118. The highest BCUT2D eigenvalue weighted by atomic mass is 32.2. The van der Waals surface area contributed by atoms with E-state index in [4.69, 9.17) is 9.47 Å². The lowest BCUT2D eigenvalue weighted by Crippen LogP contribution is -2.29. The van der Waals surface area contributed by atoms with Crippen molar-refractivity contribution in [2.45, 2.75) is 6.92 Å². The van der Waals surface area contributed by atoms with Crippen LogP contribution in [0, 0.1) is 0 Å². The molecular weight excluding hydrogens is 356 g/mol. The predicted octanol–water partition coefficient (Wildman–Crippen LogP) is 2.50. The maximum absolute atomic E-state index is 12.0. The van der Waals surface area contributed by atoms with Crippen LogP contribution in [0.2, 0.25) is 0 Å². The average molecular weight is 378 g/mol. The number of methoxy groups -OCH3 is 1. The third kappa shape index (κ3) is 5.38. The quantitative estimate of drug-likeness (QED) is 0.763. The Hall–Kier alpha value is -2.74. The van der Waals surface area contributed by atoms with Gasteiger partial charge in [-0.05, 0) is 43.3 Å². The Balaban J connectivity index is 1.94. The highest BCUT2D eigenvalue weighted by Gasteiger charge is 2.15. The fourth-order valence-electron chi connectivity index (χ4n) is 2.36. The molecule has 0 aliphatic heterocycles. The summed E-state index contributed by atoms with van der Waals surface area (Å²) in [5.74, 6) is 0.804. The molecule has 7 nitrogen and oxygen atoms in total. The fraction of sp³-hybridized carbons (Fsp3) is 0.278. The van der Waals surface area contributed by atoms with E-state index in [0.717, 1.165) is 6.26 Å². The van der Waals surface area contributed by atoms with Crippen molar-refractivity contribution in [1.29, 1.82) is 0 Å². The van der Waals surface area contributed by atoms with Crippen LogP contribution in [0.5, 0.6) is 11.5 Å². The SMILES string of the molecule is CCN(c1ccc(OCC(=O)Nc2cccc(OC)c2)cc1)S(C)(=O)=O. The first kappa shape index (κ1) is 19.6. The molecular formula is C18H22N2O5S. The molecule has 0 heterocycles. The van der Waals surface area contributed by atoms with Crippen molar-refractivity contribution in [3.05, 3.63) is 48.5 Å². The second-order valence-electron chi connectivity index (χ2n) is 5.49. The number of amides is 1. The van der Waals surface area contributed by atoms with Gasteiger partial charge in [-0.1, -0.05) is 6.07 Å². The maximum Gasteiger partial charge on any atom is 0.262 e. The molecule has 0 saturated heterocycles. The summed E-state index contributed by atoms with van der Waals surface area (Å²) in [7, 11) is -1.78. The van der Waals surface area contributed by atoms with Crippen molar-refractivity contribution >= 4 is 27.3 Å². The zero-order valence-electron chi connectivity index (χ0n) is 14.9. The summed E-state index contributed by atoms with van der Waals surface area (Å²) >= 11 is 0. The van der Waals surface area contributed by atoms with E-state index in [-0.39, 0.29) is 12.5 Å². The number of ether oxygens (including phenoxy) is 2. The van der Waals surface area contributed by atoms with E-state index in [2.05, 4.69) is 5.32 Å². The summed E-state index contributed by atoms with van der Waals surface area (Å²) in [6.07, 6.45) is 1.16. The number of carbonyl (C=O) groups is 1. The molecule has 0 saturated carbocycles. The third-order valence-corrected chi connectivity index (χ3v) is 4.81. The largest absolute Gasteiger partial charge is 0.497 e. The molecule has 140 valence electrons. The first-order valence-electron chi connectivity index (χ1n) is 7.98. The molecule has 1 N–H and O–H groups in total. The summed E-state index contributed by atoms with van der Waals surface area (Å²) in [4.78, 5) is 12.0. The van der Waals surface area contributed by atoms with Gasteiger partial charge in [-0.3, -0.25) is 9.10 Å². The van der Waals surface area contributed by atoms with Crippen LogP contribution in [0.3, 0.4) is 0 Å². The van der Waals surface area contributed by atoms with Crippen LogP contribution in [-0.2, 0) is 14.8 Å². The van der Waals surface area contributed by atoms with E-state index in [1.54, 1.807) is 62.6 Å². The van der Waals surface area contributed by atoms with Crippen molar-refractivity contribution in [2.75, 3.05) is 36.1 Å². The monoisotopic (exact) mass is 378 g/mol. The molecule has 8 heteroatoms. The van der Waals surface area contributed by atoms with Gasteiger partial charge in [0.25, 0.3) is 5.91 Å². The van der Waals surface area contributed by atoms with Gasteiger partial charge >= 0.3 is 0 Å². The molecule has 0 aromatic heterocycles. The van der Waals surface area contributed by atoms with Crippen LogP contribution in [-0.4, -0.2) is 40.8 Å². The van der Waals surface area contributed by atoms with Gasteiger partial charge in [0, 0.05) is 18.3 Å². The molecule has 1 amide bonds. The van der Waals surface area contributed by atoms with Crippen molar-refractivity contribution in [3.8, 4) is 11.5 Å². The number of nitrogens with one attached hydrogen (secondary N) is 1. The lowest BCUT2D eigenvalue weighted by Gasteiger charge is -2.20. The molecule has 0 radical (unpaired) electrons. The highest BCUT2D eigenvalue weighted by molar-refractivity contribution is 7.92. The van der Waals surface area contributed by atoms with Gasteiger partial charge < -0.3 is 14.8 Å². The number of hydrogen-bond acceptors (Lipinski definition) is 5. The maximum atomic E-state index is 12.0. The van der Waals surface area contributed by atoms with Gasteiger partial charge in [0.15, 0.2) is 6.61 Å². The second kappa shape index (κ2) is 8.57. The van der Waals surface area contributed by atoms with Gasteiger partial charge in [0.1, 0.15) is 11.5 Å². The van der Waals surface area contributed by atoms with Crippen molar-refractivity contribution < 1.29 is 22.7 Å². The van der Waals surface area contributed by atoms with Crippen molar-refractivity contribution in [1.82, 2.24) is 0 Å². The van der Waals surface area contributed by atoms with Crippen LogP contribution in [0.25, 0.3) is 0 Å². The van der Waals surface area contributed by atoms with Gasteiger partial charge in [0.2, 0.25) is 10.0 Å². The summed E-state index contributed by atoms with van der Waals surface area (Å²) in [6.45, 7) is 1.93. The molecule has 2 aromatic carbocycles. The number of benzene rings is 2. The molecule has 0 unspecified atom stereocenters. The zero-order valence-corrected chi connectivity index (χ0v) is 15.7. The van der Waals surface area contributed by atoms with E-state index in [0.29, 0.717) is 29.4 Å². The van der Waals surface area contributed by atoms with Gasteiger partial charge in [-0.25, -0.2) is 8.42 Å². The molecule has 0 fully saturated rings. The minimum Gasteiger partial charge on any atom is -0.497 e. The molecule has 0 aliphatic rings. The topological polar surface area (TPSA) is 84.9 Å². The Morgan fingerprint density at radius 3 is 2.38 bits per heavy atom. The average Bonchev–Trinajstić information content (AvgIpc) is 2.60. The summed E-state index contributed by atoms with van der Waals surface area (Å²) in [5, 5.41) is 2.71. The van der Waals surface area contributed by atoms with E-state index in [1.807, 2.05) is 0 Å².